The molecule has 86 valence electrons. The fraction of sp³-hybridized carbons (Fsp3) is 0.0833. The van der Waals surface area contributed by atoms with Crippen LogP contribution in [0.25, 0.3) is 11.3 Å². The highest BCUT2D eigenvalue weighted by molar-refractivity contribution is 6.29. The average molecular weight is 249 g/mol. The van der Waals surface area contributed by atoms with Crippen molar-refractivity contribution in [2.45, 2.75) is 6.92 Å². The summed E-state index contributed by atoms with van der Waals surface area (Å²) in [5.74, 6) is -0.116. The van der Waals surface area contributed by atoms with Crippen LogP contribution in [0.15, 0.2) is 36.4 Å². The molecule has 0 saturated carbocycles. The van der Waals surface area contributed by atoms with E-state index in [1.807, 2.05) is 30.3 Å². The standard InChI is InChI=1S/C12H9ClN2O2/c1-8(16)17-10-7-11(13)14-15-12(10)9-5-3-2-4-6-9/h2-7H,1H3. The molecule has 4 nitrogen and oxygen atoms in total. The summed E-state index contributed by atoms with van der Waals surface area (Å²) >= 11 is 5.72. The molecule has 2 aromatic rings. The number of carbonyl (C=O) groups excluding carboxylic acids is 1. The Kier molecular flexibility index (Phi) is 3.35. The molecule has 0 bridgehead atoms. The zero-order valence-electron chi connectivity index (χ0n) is 9.05. The van der Waals surface area contributed by atoms with Crippen LogP contribution in [0.1, 0.15) is 6.92 Å². The maximum atomic E-state index is 11.0. The molecule has 1 aromatic carbocycles. The summed E-state index contributed by atoms with van der Waals surface area (Å²) in [6.45, 7) is 1.32. The minimum atomic E-state index is -0.425. The van der Waals surface area contributed by atoms with Gasteiger partial charge in [0, 0.05) is 18.6 Å². The zero-order chi connectivity index (χ0) is 12.3. The molecule has 2 rings (SSSR count). The third kappa shape index (κ3) is 2.79. The van der Waals surface area contributed by atoms with Gasteiger partial charge in [-0.25, -0.2) is 0 Å². The Hall–Kier alpha value is -1.94. The van der Waals surface area contributed by atoms with E-state index >= 15 is 0 Å². The molecule has 0 saturated heterocycles. The van der Waals surface area contributed by atoms with Gasteiger partial charge in [0.25, 0.3) is 0 Å². The van der Waals surface area contributed by atoms with Crippen molar-refractivity contribution in [3.8, 4) is 17.0 Å². The lowest BCUT2D eigenvalue weighted by molar-refractivity contribution is -0.131. The highest BCUT2D eigenvalue weighted by atomic mass is 35.5. The maximum absolute atomic E-state index is 11.0. The Morgan fingerprint density at radius 1 is 1.24 bits per heavy atom. The highest BCUT2D eigenvalue weighted by Gasteiger charge is 2.11. The van der Waals surface area contributed by atoms with Crippen molar-refractivity contribution in [1.82, 2.24) is 10.2 Å². The number of benzene rings is 1. The number of carbonyl (C=O) groups is 1. The molecule has 0 fully saturated rings. The van der Waals surface area contributed by atoms with Crippen molar-refractivity contribution >= 4 is 17.6 Å². The SMILES string of the molecule is CC(=O)Oc1cc(Cl)nnc1-c1ccccc1. The third-order valence-electron chi connectivity index (χ3n) is 2.03. The number of halogens is 1. The molecule has 0 unspecified atom stereocenters. The smallest absolute Gasteiger partial charge is 0.308 e. The largest absolute Gasteiger partial charge is 0.424 e. The van der Waals surface area contributed by atoms with E-state index in [9.17, 15) is 4.79 Å². The van der Waals surface area contributed by atoms with E-state index in [1.54, 1.807) is 0 Å². The lowest BCUT2D eigenvalue weighted by Crippen LogP contribution is -2.04. The molecule has 17 heavy (non-hydrogen) atoms. The molecule has 0 amide bonds. The fourth-order valence-electron chi connectivity index (χ4n) is 1.38. The Bertz CT molecular complexity index is 543. The van der Waals surface area contributed by atoms with Gasteiger partial charge in [-0.2, -0.15) is 0 Å². The van der Waals surface area contributed by atoms with Gasteiger partial charge in [0.1, 0.15) is 5.69 Å². The van der Waals surface area contributed by atoms with Crippen LogP contribution >= 0.6 is 11.6 Å². The summed E-state index contributed by atoms with van der Waals surface area (Å²) < 4.78 is 5.05. The van der Waals surface area contributed by atoms with E-state index in [0.717, 1.165) is 5.56 Å². The van der Waals surface area contributed by atoms with Gasteiger partial charge in [0.05, 0.1) is 0 Å². The van der Waals surface area contributed by atoms with E-state index in [0.29, 0.717) is 11.4 Å². The van der Waals surface area contributed by atoms with Gasteiger partial charge in [0.2, 0.25) is 0 Å². The molecule has 0 aliphatic heterocycles. The minimum absolute atomic E-state index is 0.181. The quantitative estimate of drug-likeness (QED) is 0.767. The van der Waals surface area contributed by atoms with Crippen LogP contribution in [0.3, 0.4) is 0 Å². The number of hydrogen-bond acceptors (Lipinski definition) is 4. The van der Waals surface area contributed by atoms with Crippen LogP contribution in [0, 0.1) is 0 Å². The van der Waals surface area contributed by atoms with Crippen molar-refractivity contribution in [2.24, 2.45) is 0 Å². The molecule has 0 spiro atoms. The molecule has 1 heterocycles. The molecule has 0 atom stereocenters. The van der Waals surface area contributed by atoms with E-state index in [-0.39, 0.29) is 5.15 Å². The normalized spacial score (nSPS) is 10.0. The van der Waals surface area contributed by atoms with Gasteiger partial charge >= 0.3 is 5.97 Å². The number of esters is 1. The van der Waals surface area contributed by atoms with Gasteiger partial charge in [-0.15, -0.1) is 10.2 Å². The van der Waals surface area contributed by atoms with E-state index in [4.69, 9.17) is 16.3 Å². The Balaban J connectivity index is 2.50. The predicted molar refractivity (Wildman–Crippen MR) is 63.8 cm³/mol. The summed E-state index contributed by atoms with van der Waals surface area (Å²) in [6.07, 6.45) is 0. The second kappa shape index (κ2) is 4.93. The third-order valence-corrected chi connectivity index (χ3v) is 2.21. The monoisotopic (exact) mass is 248 g/mol. The van der Waals surface area contributed by atoms with Crippen molar-refractivity contribution < 1.29 is 9.53 Å². The second-order valence-corrected chi connectivity index (χ2v) is 3.73. The molecule has 0 radical (unpaired) electrons. The first kappa shape index (κ1) is 11.5. The number of hydrogen-bond donors (Lipinski definition) is 0. The predicted octanol–water partition coefficient (Wildman–Crippen LogP) is 2.72. The molecule has 0 N–H and O–H groups in total. The fourth-order valence-corrected chi connectivity index (χ4v) is 1.52. The van der Waals surface area contributed by atoms with Crippen LogP contribution in [0.2, 0.25) is 5.15 Å². The van der Waals surface area contributed by atoms with Gasteiger partial charge in [-0.1, -0.05) is 41.9 Å². The average Bonchev–Trinajstić information content (AvgIpc) is 2.29. The summed E-state index contributed by atoms with van der Waals surface area (Å²) in [5, 5.41) is 7.87. The topological polar surface area (TPSA) is 52.1 Å². The van der Waals surface area contributed by atoms with Gasteiger partial charge in [-0.05, 0) is 0 Å². The maximum Gasteiger partial charge on any atom is 0.308 e. The second-order valence-electron chi connectivity index (χ2n) is 3.34. The highest BCUT2D eigenvalue weighted by Crippen LogP contribution is 2.28. The number of aromatic nitrogens is 2. The summed E-state index contributed by atoms with van der Waals surface area (Å²) in [5.41, 5.74) is 1.30. The van der Waals surface area contributed by atoms with Crippen LogP contribution in [0.4, 0.5) is 0 Å². The molecular weight excluding hydrogens is 240 g/mol. The zero-order valence-corrected chi connectivity index (χ0v) is 9.81. The van der Waals surface area contributed by atoms with E-state index in [1.165, 1.54) is 13.0 Å². The van der Waals surface area contributed by atoms with Crippen molar-refractivity contribution in [2.75, 3.05) is 0 Å². The summed E-state index contributed by atoms with van der Waals surface area (Å²) in [7, 11) is 0. The first-order chi connectivity index (χ1) is 8.16. The van der Waals surface area contributed by atoms with E-state index < -0.39 is 5.97 Å². The van der Waals surface area contributed by atoms with Gasteiger partial charge < -0.3 is 4.74 Å². The number of ether oxygens (including phenoxy) is 1. The Morgan fingerprint density at radius 3 is 2.59 bits per heavy atom. The molecule has 0 aliphatic carbocycles. The van der Waals surface area contributed by atoms with E-state index in [2.05, 4.69) is 10.2 Å². The van der Waals surface area contributed by atoms with Crippen LogP contribution in [-0.4, -0.2) is 16.2 Å². The minimum Gasteiger partial charge on any atom is -0.424 e. The number of rotatable bonds is 2. The van der Waals surface area contributed by atoms with Crippen LogP contribution in [-0.2, 0) is 4.79 Å². The first-order valence-corrected chi connectivity index (χ1v) is 5.31. The van der Waals surface area contributed by atoms with Gasteiger partial charge in [0.15, 0.2) is 10.9 Å². The molecule has 5 heteroatoms. The molecular formula is C12H9ClN2O2. The van der Waals surface area contributed by atoms with Crippen molar-refractivity contribution in [3.05, 3.63) is 41.6 Å². The van der Waals surface area contributed by atoms with Crippen molar-refractivity contribution in [1.29, 1.82) is 0 Å². The molecule has 1 aromatic heterocycles. The lowest BCUT2D eigenvalue weighted by atomic mass is 10.1. The Morgan fingerprint density at radius 2 is 1.94 bits per heavy atom. The first-order valence-electron chi connectivity index (χ1n) is 4.94. The van der Waals surface area contributed by atoms with Crippen molar-refractivity contribution in [3.63, 3.8) is 0 Å². The van der Waals surface area contributed by atoms with Crippen LogP contribution in [0.5, 0.6) is 5.75 Å². The Labute approximate surface area is 103 Å². The lowest BCUT2D eigenvalue weighted by Gasteiger charge is -2.07. The summed E-state index contributed by atoms with van der Waals surface area (Å²) in [6, 6.07) is 10.8. The number of nitrogens with zero attached hydrogens (tertiary/aromatic N) is 2. The molecule has 0 aliphatic rings. The van der Waals surface area contributed by atoms with Gasteiger partial charge in [-0.3, -0.25) is 4.79 Å². The summed E-state index contributed by atoms with van der Waals surface area (Å²) in [4.78, 5) is 11.0. The van der Waals surface area contributed by atoms with Crippen LogP contribution < -0.4 is 4.74 Å².